The van der Waals surface area contributed by atoms with Gasteiger partial charge < -0.3 is 4.74 Å². The summed E-state index contributed by atoms with van der Waals surface area (Å²) in [6, 6.07) is 0. The van der Waals surface area contributed by atoms with Crippen LogP contribution in [-0.4, -0.2) is 6.61 Å². The summed E-state index contributed by atoms with van der Waals surface area (Å²) in [6.07, 6.45) is 14.1. The molecule has 0 aromatic rings. The normalized spacial score (nSPS) is 13.7. The van der Waals surface area contributed by atoms with Gasteiger partial charge in [0.2, 0.25) is 0 Å². The van der Waals surface area contributed by atoms with Crippen molar-refractivity contribution in [2.45, 2.75) is 65.7 Å². The van der Waals surface area contributed by atoms with E-state index in [-0.39, 0.29) is 0 Å². The van der Waals surface area contributed by atoms with Crippen molar-refractivity contribution in [1.82, 2.24) is 0 Å². The van der Waals surface area contributed by atoms with Crippen LogP contribution in [0.5, 0.6) is 0 Å². The van der Waals surface area contributed by atoms with Crippen LogP contribution in [0.2, 0.25) is 0 Å². The first-order valence-corrected chi connectivity index (χ1v) is 8.37. The smallest absolute Gasteiger partial charge is 0.112 e. The second-order valence-electron chi connectivity index (χ2n) is 5.29. The molecule has 0 rings (SSSR count). The van der Waals surface area contributed by atoms with E-state index in [9.17, 15) is 0 Å². The van der Waals surface area contributed by atoms with Gasteiger partial charge in [0.1, 0.15) is 5.76 Å². The van der Waals surface area contributed by atoms with Gasteiger partial charge in [0.05, 0.1) is 6.61 Å². The molecule has 0 radical (unpaired) electrons. The molecule has 0 saturated heterocycles. The van der Waals surface area contributed by atoms with E-state index in [1.807, 2.05) is 18.2 Å². The molecule has 0 aliphatic rings. The highest BCUT2D eigenvalue weighted by Crippen LogP contribution is 2.17. The largest absolute Gasteiger partial charge is 0.494 e. The first-order chi connectivity index (χ1) is 9.63. The van der Waals surface area contributed by atoms with Crippen LogP contribution in [0, 0.1) is 5.92 Å². The second-order valence-corrected chi connectivity index (χ2v) is 5.72. The van der Waals surface area contributed by atoms with Crippen molar-refractivity contribution in [2.75, 3.05) is 6.61 Å². The summed E-state index contributed by atoms with van der Waals surface area (Å²) in [5, 5.41) is 0.757. The maximum atomic E-state index is 6.06. The minimum atomic E-state index is 0.649. The fraction of sp³-hybridized carbons (Fsp3) is 0.667. The summed E-state index contributed by atoms with van der Waals surface area (Å²) in [5.74, 6) is 1.35. The summed E-state index contributed by atoms with van der Waals surface area (Å²) < 4.78 is 5.74. The molecule has 0 spiro atoms. The average molecular weight is 299 g/mol. The van der Waals surface area contributed by atoms with Gasteiger partial charge in [-0.25, -0.2) is 0 Å². The Morgan fingerprint density at radius 1 is 1.10 bits per heavy atom. The lowest BCUT2D eigenvalue weighted by atomic mass is 9.98. The third-order valence-corrected chi connectivity index (χ3v) is 3.50. The molecule has 0 bridgehead atoms. The predicted octanol–water partition coefficient (Wildman–Crippen LogP) is 6.60. The Bertz CT molecular complexity index is 305. The third kappa shape index (κ3) is 11.2. The number of allylic oxidation sites excluding steroid dienone is 4. The van der Waals surface area contributed by atoms with E-state index in [1.54, 1.807) is 0 Å². The Kier molecular flexibility index (Phi) is 12.8. The third-order valence-electron chi connectivity index (χ3n) is 3.22. The van der Waals surface area contributed by atoms with Crippen molar-refractivity contribution in [3.05, 3.63) is 35.6 Å². The number of hydrogen-bond donors (Lipinski definition) is 0. The van der Waals surface area contributed by atoms with Crippen molar-refractivity contribution in [1.29, 1.82) is 0 Å². The molecule has 1 unspecified atom stereocenters. The van der Waals surface area contributed by atoms with Gasteiger partial charge in [-0.2, -0.15) is 0 Å². The lowest BCUT2D eigenvalue weighted by Gasteiger charge is -2.16. The van der Waals surface area contributed by atoms with Crippen molar-refractivity contribution in [2.24, 2.45) is 5.92 Å². The molecule has 0 aromatic heterocycles. The predicted molar refractivity (Wildman–Crippen MR) is 91.0 cm³/mol. The number of halogens is 1. The van der Waals surface area contributed by atoms with E-state index in [0.29, 0.717) is 11.7 Å². The van der Waals surface area contributed by atoms with E-state index >= 15 is 0 Å². The summed E-state index contributed by atoms with van der Waals surface area (Å²) in [7, 11) is 0. The number of rotatable bonds is 12. The maximum Gasteiger partial charge on any atom is 0.112 e. The number of hydrogen-bond acceptors (Lipinski definition) is 1. The Labute approximate surface area is 130 Å². The minimum absolute atomic E-state index is 0.649. The van der Waals surface area contributed by atoms with Gasteiger partial charge in [-0.3, -0.25) is 0 Å². The highest BCUT2D eigenvalue weighted by Gasteiger charge is 2.08. The highest BCUT2D eigenvalue weighted by molar-refractivity contribution is 6.31. The maximum absolute atomic E-state index is 6.06. The fourth-order valence-electron chi connectivity index (χ4n) is 2.01. The molecule has 0 saturated carbocycles. The first kappa shape index (κ1) is 19.3. The van der Waals surface area contributed by atoms with E-state index in [0.717, 1.165) is 24.5 Å². The Balaban J connectivity index is 4.08. The van der Waals surface area contributed by atoms with E-state index in [4.69, 9.17) is 16.3 Å². The van der Waals surface area contributed by atoms with Crippen molar-refractivity contribution in [3.8, 4) is 0 Å². The van der Waals surface area contributed by atoms with Crippen molar-refractivity contribution < 1.29 is 4.74 Å². The van der Waals surface area contributed by atoms with Crippen LogP contribution < -0.4 is 0 Å². The molecule has 1 nitrogen and oxygen atoms in total. The Morgan fingerprint density at radius 3 is 2.45 bits per heavy atom. The lowest BCUT2D eigenvalue weighted by Crippen LogP contribution is -2.09. The minimum Gasteiger partial charge on any atom is -0.494 e. The Hall–Kier alpha value is -0.690. The van der Waals surface area contributed by atoms with Crippen LogP contribution in [0.3, 0.4) is 0 Å². The number of unbranched alkanes of at least 4 members (excludes halogenated alkanes) is 2. The van der Waals surface area contributed by atoms with E-state index in [2.05, 4.69) is 27.4 Å². The highest BCUT2D eigenvalue weighted by atomic mass is 35.5. The molecule has 116 valence electrons. The van der Waals surface area contributed by atoms with Crippen LogP contribution in [0.4, 0.5) is 0 Å². The molecule has 1 atom stereocenters. The van der Waals surface area contributed by atoms with Gasteiger partial charge in [0.15, 0.2) is 0 Å². The van der Waals surface area contributed by atoms with Crippen LogP contribution >= 0.6 is 11.6 Å². The van der Waals surface area contributed by atoms with E-state index < -0.39 is 0 Å². The van der Waals surface area contributed by atoms with Crippen LogP contribution in [0.15, 0.2) is 35.6 Å². The molecule has 0 fully saturated rings. The van der Waals surface area contributed by atoms with E-state index in [1.165, 1.54) is 32.1 Å². The molecule has 0 N–H and O–H groups in total. The molecule has 2 heteroatoms. The molecule has 0 aliphatic heterocycles. The molecular formula is C18H31ClO. The summed E-state index contributed by atoms with van der Waals surface area (Å²) in [6.45, 7) is 11.3. The molecule has 20 heavy (non-hydrogen) atoms. The van der Waals surface area contributed by atoms with Crippen molar-refractivity contribution >= 4 is 11.6 Å². The SMILES string of the molecule is C=C(/C=C\C(Cl)=C/CCC)OCC(CCC)CCCC. The monoisotopic (exact) mass is 298 g/mol. The Morgan fingerprint density at radius 2 is 1.85 bits per heavy atom. The zero-order valence-electron chi connectivity index (χ0n) is 13.5. The molecule has 0 amide bonds. The zero-order valence-corrected chi connectivity index (χ0v) is 14.2. The van der Waals surface area contributed by atoms with Crippen LogP contribution in [-0.2, 0) is 4.74 Å². The van der Waals surface area contributed by atoms with Gasteiger partial charge in [-0.15, -0.1) is 0 Å². The van der Waals surface area contributed by atoms with Gasteiger partial charge in [0.25, 0.3) is 0 Å². The topological polar surface area (TPSA) is 9.23 Å². The fourth-order valence-corrected chi connectivity index (χ4v) is 2.18. The van der Waals surface area contributed by atoms with Gasteiger partial charge in [-0.1, -0.05) is 70.7 Å². The molecule has 0 aliphatic carbocycles. The van der Waals surface area contributed by atoms with Gasteiger partial charge in [0, 0.05) is 5.03 Å². The van der Waals surface area contributed by atoms with Gasteiger partial charge in [-0.05, 0) is 37.3 Å². The molecular weight excluding hydrogens is 268 g/mol. The molecule has 0 heterocycles. The summed E-state index contributed by atoms with van der Waals surface area (Å²) in [4.78, 5) is 0. The van der Waals surface area contributed by atoms with Crippen LogP contribution in [0.25, 0.3) is 0 Å². The second kappa shape index (κ2) is 13.3. The lowest BCUT2D eigenvalue weighted by molar-refractivity contribution is 0.162. The van der Waals surface area contributed by atoms with Crippen LogP contribution in [0.1, 0.15) is 65.7 Å². The standard InChI is InChI=1S/C18H31ClO/c1-5-8-11-17(10-7-3)15-20-16(4)13-14-18(19)12-9-6-2/h12-14,17H,4-11,15H2,1-3H3/b14-13-,18-12+. The zero-order chi connectivity index (χ0) is 15.2. The number of ether oxygens (including phenoxy) is 1. The summed E-state index contributed by atoms with van der Waals surface area (Å²) in [5.41, 5.74) is 0. The summed E-state index contributed by atoms with van der Waals surface area (Å²) >= 11 is 6.06. The van der Waals surface area contributed by atoms with Gasteiger partial charge >= 0.3 is 0 Å². The molecule has 0 aromatic carbocycles. The average Bonchev–Trinajstić information content (AvgIpc) is 2.45. The quantitative estimate of drug-likeness (QED) is 0.291. The van der Waals surface area contributed by atoms with Crippen molar-refractivity contribution in [3.63, 3.8) is 0 Å². The first-order valence-electron chi connectivity index (χ1n) is 7.99.